The summed E-state index contributed by atoms with van der Waals surface area (Å²) in [6.45, 7) is 2.08. The summed E-state index contributed by atoms with van der Waals surface area (Å²) >= 11 is 0. The Labute approximate surface area is 165 Å². The highest BCUT2D eigenvalue weighted by Gasteiger charge is 2.15. The number of aromatic nitrogens is 1. The summed E-state index contributed by atoms with van der Waals surface area (Å²) in [4.78, 5) is 12.7. The minimum Gasteiger partial charge on any atom is -0.340 e. The molecule has 0 aliphatic rings. The molecule has 1 aromatic heterocycles. The third-order valence-corrected chi connectivity index (χ3v) is 4.91. The van der Waals surface area contributed by atoms with Crippen LogP contribution in [-0.2, 0) is 16.4 Å². The fraction of sp³-hybridized carbons (Fsp3) is 0.190. The Kier molecular flexibility index (Phi) is 5.84. The molecule has 0 saturated carbocycles. The number of carbonyl (C=O) groups excluding carboxylic acids is 1. The van der Waals surface area contributed by atoms with Crippen LogP contribution < -0.4 is 10.0 Å². The summed E-state index contributed by atoms with van der Waals surface area (Å²) in [6.07, 6.45) is 3.82. The molecule has 146 valence electrons. The molecule has 1 amide bonds. The molecule has 1 unspecified atom stereocenters. The van der Waals surface area contributed by atoms with Crippen molar-refractivity contribution in [3.63, 3.8) is 0 Å². The summed E-state index contributed by atoms with van der Waals surface area (Å²) in [6, 6.07) is 20.4. The molecule has 0 aliphatic heterocycles. The zero-order chi connectivity index (χ0) is 20.1. The summed E-state index contributed by atoms with van der Waals surface area (Å²) in [5.41, 5.74) is 2.82. The Morgan fingerprint density at radius 1 is 0.964 bits per heavy atom. The van der Waals surface area contributed by atoms with Crippen molar-refractivity contribution in [3.8, 4) is 0 Å². The molecule has 0 spiro atoms. The molecule has 0 fully saturated rings. The molecule has 2 aromatic carbocycles. The first-order chi connectivity index (χ1) is 13.3. The number of benzene rings is 2. The highest BCUT2D eigenvalue weighted by molar-refractivity contribution is 7.92. The second kappa shape index (κ2) is 8.31. The quantitative estimate of drug-likeness (QED) is 0.634. The number of hydrogen-bond donors (Lipinski definition) is 2. The first-order valence-electron chi connectivity index (χ1n) is 8.92. The van der Waals surface area contributed by atoms with Gasteiger partial charge in [-0.1, -0.05) is 30.3 Å². The van der Waals surface area contributed by atoms with Gasteiger partial charge in [-0.2, -0.15) is 0 Å². The fourth-order valence-corrected chi connectivity index (χ4v) is 3.62. The second-order valence-electron chi connectivity index (χ2n) is 6.75. The molecule has 1 atom stereocenters. The van der Waals surface area contributed by atoms with Crippen LogP contribution >= 0.6 is 0 Å². The molecular formula is C21H23N3O3S. The van der Waals surface area contributed by atoms with Gasteiger partial charge in [0.15, 0.2) is 0 Å². The van der Waals surface area contributed by atoms with Crippen molar-refractivity contribution in [1.29, 1.82) is 0 Å². The van der Waals surface area contributed by atoms with E-state index in [9.17, 15) is 13.2 Å². The average molecular weight is 398 g/mol. The molecule has 6 nitrogen and oxygen atoms in total. The van der Waals surface area contributed by atoms with Gasteiger partial charge in [0.2, 0.25) is 10.0 Å². The van der Waals surface area contributed by atoms with Crippen LogP contribution in [0.4, 0.5) is 11.4 Å². The number of hydrogen-bond acceptors (Lipinski definition) is 3. The highest BCUT2D eigenvalue weighted by Crippen LogP contribution is 2.19. The highest BCUT2D eigenvalue weighted by atomic mass is 32.2. The first-order valence-corrected chi connectivity index (χ1v) is 10.8. The number of rotatable bonds is 7. The van der Waals surface area contributed by atoms with Crippen molar-refractivity contribution in [2.24, 2.45) is 0 Å². The second-order valence-corrected chi connectivity index (χ2v) is 8.49. The SMILES string of the molecule is CC(Cc1ccccc1)n1cccc1C(=O)Nc1ccc(NS(C)(=O)=O)cc1. The van der Waals surface area contributed by atoms with Gasteiger partial charge in [0.25, 0.3) is 5.91 Å². The lowest BCUT2D eigenvalue weighted by Gasteiger charge is -2.17. The van der Waals surface area contributed by atoms with Crippen LogP contribution in [0.2, 0.25) is 0 Å². The molecule has 28 heavy (non-hydrogen) atoms. The van der Waals surface area contributed by atoms with Crippen molar-refractivity contribution in [3.05, 3.63) is 84.2 Å². The van der Waals surface area contributed by atoms with Crippen LogP contribution in [0.3, 0.4) is 0 Å². The van der Waals surface area contributed by atoms with Gasteiger partial charge in [0, 0.05) is 23.6 Å². The predicted octanol–water partition coefficient (Wildman–Crippen LogP) is 3.92. The fourth-order valence-electron chi connectivity index (χ4n) is 3.05. The largest absolute Gasteiger partial charge is 0.340 e. The lowest BCUT2D eigenvalue weighted by atomic mass is 10.1. The van der Waals surface area contributed by atoms with Gasteiger partial charge >= 0.3 is 0 Å². The predicted molar refractivity (Wildman–Crippen MR) is 112 cm³/mol. The number of carbonyl (C=O) groups is 1. The van der Waals surface area contributed by atoms with E-state index in [1.165, 1.54) is 5.56 Å². The molecule has 0 radical (unpaired) electrons. The van der Waals surface area contributed by atoms with Crippen molar-refractivity contribution >= 4 is 27.3 Å². The Morgan fingerprint density at radius 2 is 1.61 bits per heavy atom. The number of anilines is 2. The van der Waals surface area contributed by atoms with Gasteiger partial charge in [0.05, 0.1) is 6.26 Å². The number of nitrogens with zero attached hydrogens (tertiary/aromatic N) is 1. The average Bonchev–Trinajstić information content (AvgIpc) is 3.13. The maximum Gasteiger partial charge on any atom is 0.272 e. The maximum absolute atomic E-state index is 12.7. The van der Waals surface area contributed by atoms with E-state index in [4.69, 9.17) is 0 Å². The lowest BCUT2D eigenvalue weighted by Crippen LogP contribution is -2.19. The summed E-state index contributed by atoms with van der Waals surface area (Å²) in [7, 11) is -3.33. The first kappa shape index (κ1) is 19.7. The van der Waals surface area contributed by atoms with Crippen molar-refractivity contribution < 1.29 is 13.2 Å². The van der Waals surface area contributed by atoms with E-state index in [0.717, 1.165) is 12.7 Å². The van der Waals surface area contributed by atoms with E-state index >= 15 is 0 Å². The van der Waals surface area contributed by atoms with Gasteiger partial charge in [-0.25, -0.2) is 8.42 Å². The molecule has 3 rings (SSSR count). The Morgan fingerprint density at radius 3 is 2.25 bits per heavy atom. The van der Waals surface area contributed by atoms with E-state index < -0.39 is 10.0 Å². The van der Waals surface area contributed by atoms with Crippen molar-refractivity contribution in [2.45, 2.75) is 19.4 Å². The maximum atomic E-state index is 12.7. The van der Waals surface area contributed by atoms with E-state index in [-0.39, 0.29) is 11.9 Å². The van der Waals surface area contributed by atoms with E-state index in [1.54, 1.807) is 30.3 Å². The Balaban J connectivity index is 1.69. The van der Waals surface area contributed by atoms with Gasteiger partial charge in [0.1, 0.15) is 5.69 Å². The van der Waals surface area contributed by atoms with Crippen LogP contribution in [0.1, 0.15) is 29.0 Å². The van der Waals surface area contributed by atoms with Crippen molar-refractivity contribution in [1.82, 2.24) is 4.57 Å². The molecule has 0 saturated heterocycles. The van der Waals surface area contributed by atoms with Crippen LogP contribution in [0, 0.1) is 0 Å². The van der Waals surface area contributed by atoms with E-state index in [2.05, 4.69) is 29.1 Å². The molecule has 2 N–H and O–H groups in total. The molecule has 1 heterocycles. The molecule has 0 aliphatic carbocycles. The van der Waals surface area contributed by atoms with Crippen molar-refractivity contribution in [2.75, 3.05) is 16.3 Å². The molecule has 3 aromatic rings. The van der Waals surface area contributed by atoms with Crippen LogP contribution in [0.25, 0.3) is 0 Å². The molecular weight excluding hydrogens is 374 g/mol. The topological polar surface area (TPSA) is 80.2 Å². The smallest absolute Gasteiger partial charge is 0.272 e. The van der Waals surface area contributed by atoms with Gasteiger partial charge in [-0.05, 0) is 55.3 Å². The van der Waals surface area contributed by atoms with E-state index in [0.29, 0.717) is 17.1 Å². The van der Waals surface area contributed by atoms with Gasteiger partial charge in [-0.15, -0.1) is 0 Å². The standard InChI is InChI=1S/C21H23N3O3S/c1-16(15-17-7-4-3-5-8-17)24-14-6-9-20(24)21(25)22-18-10-12-19(13-11-18)23-28(2,26)27/h3-14,16,23H,15H2,1-2H3,(H,22,25). The summed E-state index contributed by atoms with van der Waals surface area (Å²) in [5, 5.41) is 2.86. The molecule has 7 heteroatoms. The summed E-state index contributed by atoms with van der Waals surface area (Å²) < 4.78 is 26.9. The minimum atomic E-state index is -3.33. The van der Waals surface area contributed by atoms with Crippen LogP contribution in [0.15, 0.2) is 72.9 Å². The number of sulfonamides is 1. The Hall–Kier alpha value is -3.06. The lowest BCUT2D eigenvalue weighted by molar-refractivity contribution is 0.101. The van der Waals surface area contributed by atoms with Crippen LogP contribution in [0.5, 0.6) is 0 Å². The Bertz CT molecular complexity index is 1040. The third-order valence-electron chi connectivity index (χ3n) is 4.31. The monoisotopic (exact) mass is 397 g/mol. The van der Waals surface area contributed by atoms with Gasteiger partial charge < -0.3 is 9.88 Å². The summed E-state index contributed by atoms with van der Waals surface area (Å²) in [5.74, 6) is -0.214. The zero-order valence-electron chi connectivity index (χ0n) is 15.8. The minimum absolute atomic E-state index is 0.125. The van der Waals surface area contributed by atoms with E-state index in [1.807, 2.05) is 35.0 Å². The van der Waals surface area contributed by atoms with Crippen LogP contribution in [-0.4, -0.2) is 25.1 Å². The molecule has 0 bridgehead atoms. The third kappa shape index (κ3) is 5.23. The number of amides is 1. The van der Waals surface area contributed by atoms with Gasteiger partial charge in [-0.3, -0.25) is 9.52 Å². The number of nitrogens with one attached hydrogen (secondary N) is 2. The normalized spacial score (nSPS) is 12.4. The zero-order valence-corrected chi connectivity index (χ0v) is 16.6.